The van der Waals surface area contributed by atoms with Crippen LogP contribution in [0.5, 0.6) is 11.5 Å². The molecule has 0 radical (unpaired) electrons. The van der Waals surface area contributed by atoms with E-state index in [1.54, 1.807) is 13.2 Å². The fourth-order valence-electron chi connectivity index (χ4n) is 4.26. The topological polar surface area (TPSA) is 76.1 Å². The van der Waals surface area contributed by atoms with Crippen molar-refractivity contribution >= 4 is 28.8 Å². The van der Waals surface area contributed by atoms with E-state index < -0.39 is 17.7 Å². The number of amides is 1. The van der Waals surface area contributed by atoms with Crippen molar-refractivity contribution in [1.82, 2.24) is 4.90 Å². The maximum atomic E-state index is 13.4. The molecule has 0 bridgehead atoms. The molecule has 1 amide bonds. The predicted molar refractivity (Wildman–Crippen MR) is 137 cm³/mol. The van der Waals surface area contributed by atoms with E-state index in [-0.39, 0.29) is 23.3 Å². The second-order valence-corrected chi connectivity index (χ2v) is 10.4. The first-order valence-corrected chi connectivity index (χ1v) is 12.2. The third kappa shape index (κ3) is 4.68. The Morgan fingerprint density at radius 2 is 1.80 bits per heavy atom. The van der Waals surface area contributed by atoms with Gasteiger partial charge in [-0.25, -0.2) is 0 Å². The number of Topliss-reactive ketones (excluding diaryl/α,β-unsaturated/α-hetero) is 1. The van der Waals surface area contributed by atoms with E-state index in [0.29, 0.717) is 17.1 Å². The van der Waals surface area contributed by atoms with Gasteiger partial charge in [-0.15, -0.1) is 11.3 Å². The monoisotopic (exact) mass is 491 g/mol. The first kappa shape index (κ1) is 24.5. The van der Waals surface area contributed by atoms with Crippen LogP contribution < -0.4 is 9.47 Å². The van der Waals surface area contributed by atoms with Gasteiger partial charge in [0.15, 0.2) is 0 Å². The number of hydrogen-bond acceptors (Lipinski definition) is 6. The Labute approximate surface area is 209 Å². The maximum Gasteiger partial charge on any atom is 0.295 e. The molecule has 3 aromatic rings. The third-order valence-electron chi connectivity index (χ3n) is 6.16. The minimum atomic E-state index is -0.718. The first-order valence-electron chi connectivity index (χ1n) is 11.3. The van der Waals surface area contributed by atoms with Crippen LogP contribution >= 0.6 is 11.3 Å². The summed E-state index contributed by atoms with van der Waals surface area (Å²) >= 11 is 1.43. The van der Waals surface area contributed by atoms with E-state index in [2.05, 4.69) is 20.8 Å². The number of nitrogens with zero attached hydrogens (tertiary/aromatic N) is 1. The van der Waals surface area contributed by atoms with Crippen molar-refractivity contribution in [2.75, 3.05) is 14.2 Å². The number of thiophene rings is 1. The standard InChI is InChI=1S/C28H29NO5S/c1-28(2,3)18-11-12-21(34-5)20(15-18)25(30)23-24(22-10-7-13-35-22)29(27(32)26(23)31)16-17-8-6-9-19(14-17)33-4/h6-15,24,30H,16H2,1-5H3/b25-23+. The van der Waals surface area contributed by atoms with E-state index in [0.717, 1.165) is 16.0 Å². The molecule has 35 heavy (non-hydrogen) atoms. The molecule has 182 valence electrons. The van der Waals surface area contributed by atoms with Crippen LogP contribution in [0.3, 0.4) is 0 Å². The summed E-state index contributed by atoms with van der Waals surface area (Å²) in [5.74, 6) is -0.515. The Morgan fingerprint density at radius 1 is 1.03 bits per heavy atom. The maximum absolute atomic E-state index is 13.4. The van der Waals surface area contributed by atoms with Gasteiger partial charge in [0.05, 0.1) is 31.4 Å². The Balaban J connectivity index is 1.88. The molecule has 6 nitrogen and oxygen atoms in total. The van der Waals surface area contributed by atoms with Crippen molar-refractivity contribution in [2.24, 2.45) is 0 Å². The van der Waals surface area contributed by atoms with Gasteiger partial charge in [-0.1, -0.05) is 45.0 Å². The molecule has 0 aliphatic carbocycles. The minimum Gasteiger partial charge on any atom is -0.507 e. The summed E-state index contributed by atoms with van der Waals surface area (Å²) in [6.45, 7) is 6.40. The number of carbonyl (C=O) groups excluding carboxylic acids is 2. The van der Waals surface area contributed by atoms with Crippen LogP contribution in [0.4, 0.5) is 0 Å². The predicted octanol–water partition coefficient (Wildman–Crippen LogP) is 5.68. The Hall–Kier alpha value is -3.58. The molecule has 1 unspecified atom stereocenters. The van der Waals surface area contributed by atoms with E-state index in [9.17, 15) is 14.7 Å². The second-order valence-electron chi connectivity index (χ2n) is 9.46. The fraction of sp³-hybridized carbons (Fsp3) is 0.286. The zero-order valence-corrected chi connectivity index (χ0v) is 21.3. The lowest BCUT2D eigenvalue weighted by atomic mass is 9.85. The molecule has 7 heteroatoms. The number of aliphatic hydroxyl groups excluding tert-OH is 1. The first-order chi connectivity index (χ1) is 16.7. The van der Waals surface area contributed by atoms with Gasteiger partial charge in [0.1, 0.15) is 17.3 Å². The second kappa shape index (κ2) is 9.58. The summed E-state index contributed by atoms with van der Waals surface area (Å²) < 4.78 is 10.8. The number of methoxy groups -OCH3 is 2. The Morgan fingerprint density at radius 3 is 2.43 bits per heavy atom. The van der Waals surface area contributed by atoms with Gasteiger partial charge >= 0.3 is 0 Å². The number of aliphatic hydroxyl groups is 1. The van der Waals surface area contributed by atoms with E-state index >= 15 is 0 Å². The van der Waals surface area contributed by atoms with E-state index in [1.165, 1.54) is 23.3 Å². The molecule has 1 aromatic heterocycles. The molecule has 4 rings (SSSR count). The molecule has 1 aliphatic heterocycles. The lowest BCUT2D eigenvalue weighted by Crippen LogP contribution is -2.28. The van der Waals surface area contributed by atoms with Crippen molar-refractivity contribution in [3.63, 3.8) is 0 Å². The normalized spacial score (nSPS) is 17.6. The number of ether oxygens (including phenoxy) is 2. The van der Waals surface area contributed by atoms with Crippen molar-refractivity contribution in [3.8, 4) is 11.5 Å². The molecule has 1 aliphatic rings. The number of benzene rings is 2. The number of hydrogen-bond donors (Lipinski definition) is 1. The molecule has 2 aromatic carbocycles. The van der Waals surface area contributed by atoms with Crippen molar-refractivity contribution in [1.29, 1.82) is 0 Å². The molecule has 1 atom stereocenters. The minimum absolute atomic E-state index is 0.0599. The van der Waals surface area contributed by atoms with Gasteiger partial charge in [0.25, 0.3) is 11.7 Å². The smallest absolute Gasteiger partial charge is 0.295 e. The van der Waals surface area contributed by atoms with Crippen LogP contribution in [0.25, 0.3) is 5.76 Å². The number of carbonyl (C=O) groups is 2. The van der Waals surface area contributed by atoms with E-state index in [1.807, 2.05) is 53.9 Å². The molecule has 0 spiro atoms. The van der Waals surface area contributed by atoms with Crippen molar-refractivity contribution in [3.05, 3.63) is 87.1 Å². The zero-order chi connectivity index (χ0) is 25.3. The van der Waals surface area contributed by atoms with Gasteiger partial charge < -0.3 is 19.5 Å². The van der Waals surface area contributed by atoms with Crippen LogP contribution in [0.15, 0.2) is 65.6 Å². The fourth-order valence-corrected chi connectivity index (χ4v) is 5.10. The third-order valence-corrected chi connectivity index (χ3v) is 7.09. The number of rotatable bonds is 6. The Kier molecular flexibility index (Phi) is 6.72. The molecule has 1 saturated heterocycles. The largest absolute Gasteiger partial charge is 0.507 e. The summed E-state index contributed by atoms with van der Waals surface area (Å²) in [5.41, 5.74) is 2.05. The van der Waals surface area contributed by atoms with Crippen molar-refractivity contribution < 1.29 is 24.2 Å². The molecule has 0 saturated carbocycles. The molecular weight excluding hydrogens is 462 g/mol. The van der Waals surface area contributed by atoms with Crippen molar-refractivity contribution in [2.45, 2.75) is 38.8 Å². The Bertz CT molecular complexity index is 1290. The average Bonchev–Trinajstić information content (AvgIpc) is 3.45. The molecular formula is C28H29NO5S. The van der Waals surface area contributed by atoms with Gasteiger partial charge in [-0.05, 0) is 52.3 Å². The van der Waals surface area contributed by atoms with Gasteiger partial charge in [-0.2, -0.15) is 0 Å². The van der Waals surface area contributed by atoms with Crippen LogP contribution in [0, 0.1) is 0 Å². The lowest BCUT2D eigenvalue weighted by Gasteiger charge is -2.25. The van der Waals surface area contributed by atoms with Crippen LogP contribution in [-0.4, -0.2) is 35.9 Å². The highest BCUT2D eigenvalue weighted by molar-refractivity contribution is 7.10. The van der Waals surface area contributed by atoms with Crippen LogP contribution in [0.2, 0.25) is 0 Å². The number of ketones is 1. The summed E-state index contributed by atoms with van der Waals surface area (Å²) in [6.07, 6.45) is 0. The molecule has 1 fully saturated rings. The summed E-state index contributed by atoms with van der Waals surface area (Å²) in [4.78, 5) is 28.9. The summed E-state index contributed by atoms with van der Waals surface area (Å²) in [5, 5.41) is 13.4. The lowest BCUT2D eigenvalue weighted by molar-refractivity contribution is -0.140. The highest BCUT2D eigenvalue weighted by atomic mass is 32.1. The summed E-state index contributed by atoms with van der Waals surface area (Å²) in [7, 11) is 3.09. The SMILES string of the molecule is COc1cccc(CN2C(=O)C(=O)/C(=C(/O)c3cc(C(C)(C)C)ccc3OC)C2c2cccs2)c1. The van der Waals surface area contributed by atoms with Crippen LogP contribution in [-0.2, 0) is 21.5 Å². The zero-order valence-electron chi connectivity index (χ0n) is 20.5. The van der Waals surface area contributed by atoms with Gasteiger partial charge in [-0.3, -0.25) is 9.59 Å². The number of likely N-dealkylation sites (tertiary alicyclic amines) is 1. The highest BCUT2D eigenvalue weighted by Crippen LogP contribution is 2.43. The van der Waals surface area contributed by atoms with Gasteiger partial charge in [0, 0.05) is 11.4 Å². The quantitative estimate of drug-likeness (QED) is 0.273. The molecule has 1 N–H and O–H groups in total. The summed E-state index contributed by atoms with van der Waals surface area (Å²) in [6, 6.07) is 15.9. The van der Waals surface area contributed by atoms with E-state index in [4.69, 9.17) is 9.47 Å². The van der Waals surface area contributed by atoms with Gasteiger partial charge in [0.2, 0.25) is 0 Å². The highest BCUT2D eigenvalue weighted by Gasteiger charge is 2.46. The molecule has 2 heterocycles. The van der Waals surface area contributed by atoms with Crippen LogP contribution in [0.1, 0.15) is 48.4 Å². The average molecular weight is 492 g/mol.